The smallest absolute Gasteiger partial charge is 0.0379 e. The Morgan fingerprint density at radius 1 is 1.57 bits per heavy atom. The van der Waals surface area contributed by atoms with Crippen LogP contribution in [0.1, 0.15) is 12.8 Å². The van der Waals surface area contributed by atoms with Crippen LogP contribution in [0.25, 0.3) is 0 Å². The van der Waals surface area contributed by atoms with Crippen LogP contribution in [0.2, 0.25) is 0 Å². The van der Waals surface area contributed by atoms with Crippen molar-refractivity contribution in [2.75, 3.05) is 0 Å². The summed E-state index contributed by atoms with van der Waals surface area (Å²) in [5.41, 5.74) is 0. The van der Waals surface area contributed by atoms with E-state index in [4.69, 9.17) is 0 Å². The molecule has 0 atom stereocenters. The normalized spacial score (nSPS) is 17.9. The Morgan fingerprint density at radius 3 is 2.71 bits per heavy atom. The Bertz CT molecular complexity index is 103. The molecule has 1 aliphatic carbocycles. The van der Waals surface area contributed by atoms with E-state index in [-0.39, 0.29) is 0 Å². The maximum atomic E-state index is 2.92. The molecule has 0 nitrogen and oxygen atoms in total. The summed E-state index contributed by atoms with van der Waals surface area (Å²) in [5, 5.41) is 0. The molecule has 0 N–H and O–H groups in total. The summed E-state index contributed by atoms with van der Waals surface area (Å²) in [4.78, 5) is 0. The fraction of sp³-hybridized carbons (Fsp3) is 0.500. The van der Waals surface area contributed by atoms with Gasteiger partial charge in [0.1, 0.15) is 0 Å². The molecule has 0 aromatic rings. The predicted octanol–water partition coefficient (Wildman–Crippen LogP) is 2.00. The molecule has 0 bridgehead atoms. The molecule has 1 saturated carbocycles. The van der Waals surface area contributed by atoms with E-state index in [1.54, 1.807) is 0 Å². The van der Waals surface area contributed by atoms with Crippen molar-refractivity contribution in [3.05, 3.63) is 6.42 Å². The summed E-state index contributed by atoms with van der Waals surface area (Å²) in [6, 6.07) is 0. The second kappa shape index (κ2) is 2.56. The maximum Gasteiger partial charge on any atom is 0.0379 e. The molecule has 1 heteroatoms. The molecule has 37 valence electrons. The average molecular weight is 205 g/mol. The second-order valence-electron chi connectivity index (χ2n) is 1.74. The van der Waals surface area contributed by atoms with Crippen LogP contribution in [-0.4, -0.2) is 0 Å². The van der Waals surface area contributed by atoms with E-state index >= 15 is 0 Å². The Labute approximate surface area is 57.8 Å². The first-order valence-electron chi connectivity index (χ1n) is 2.38. The van der Waals surface area contributed by atoms with Gasteiger partial charge in [0.15, 0.2) is 0 Å². The minimum Gasteiger partial charge on any atom is -0.0869 e. The third-order valence-corrected chi connectivity index (χ3v) is 1.31. The van der Waals surface area contributed by atoms with Gasteiger partial charge < -0.3 is 0 Å². The van der Waals surface area contributed by atoms with Crippen molar-refractivity contribution < 1.29 is 0 Å². The van der Waals surface area contributed by atoms with Crippen LogP contribution in [0.4, 0.5) is 0 Å². The number of hydrogen-bond acceptors (Lipinski definition) is 0. The molecule has 0 spiro atoms. The predicted molar refractivity (Wildman–Crippen MR) is 38.8 cm³/mol. The zero-order valence-electron chi connectivity index (χ0n) is 3.95. The molecule has 1 rings (SSSR count). The molecule has 0 unspecified atom stereocenters. The fourth-order valence-electron chi connectivity index (χ4n) is 0.412. The summed E-state index contributed by atoms with van der Waals surface area (Å²) in [6.07, 6.45) is 4.82. The summed E-state index contributed by atoms with van der Waals surface area (Å²) < 4.78 is 2.80. The standard InChI is InChI=1S/C6H6I/c7-5-1-2-6-3-4-6/h2,6H,3-4H2. The average Bonchev–Trinajstić information content (AvgIpc) is 2.42. The molecule has 0 amide bonds. The maximum absolute atomic E-state index is 2.92. The van der Waals surface area contributed by atoms with E-state index in [9.17, 15) is 0 Å². The number of rotatable bonds is 1. The largest absolute Gasteiger partial charge is 0.0869 e. The molecular weight excluding hydrogens is 199 g/mol. The highest BCUT2D eigenvalue weighted by molar-refractivity contribution is 14.1. The summed E-state index contributed by atoms with van der Waals surface area (Å²) >= 11 is 2.06. The van der Waals surface area contributed by atoms with E-state index < -0.39 is 0 Å². The van der Waals surface area contributed by atoms with Crippen molar-refractivity contribution in [1.29, 1.82) is 0 Å². The van der Waals surface area contributed by atoms with Crippen LogP contribution in [0.3, 0.4) is 0 Å². The minimum atomic E-state index is 0.849. The van der Waals surface area contributed by atoms with Crippen LogP contribution in [0, 0.1) is 22.2 Å². The Kier molecular flexibility index (Phi) is 1.99. The number of halogens is 1. The molecule has 0 aromatic heterocycles. The van der Waals surface area contributed by atoms with Gasteiger partial charge in [0.2, 0.25) is 0 Å². The molecule has 1 radical (unpaired) electrons. The molecular formula is C6H6I. The van der Waals surface area contributed by atoms with Gasteiger partial charge in [-0.3, -0.25) is 0 Å². The van der Waals surface area contributed by atoms with Crippen molar-refractivity contribution >= 4 is 22.6 Å². The highest BCUT2D eigenvalue weighted by Gasteiger charge is 2.19. The molecule has 1 aliphatic rings. The molecule has 0 saturated heterocycles. The lowest BCUT2D eigenvalue weighted by molar-refractivity contribution is 1.06. The lowest BCUT2D eigenvalue weighted by Gasteiger charge is -1.74. The highest BCUT2D eigenvalue weighted by Crippen LogP contribution is 2.30. The monoisotopic (exact) mass is 205 g/mol. The van der Waals surface area contributed by atoms with Gasteiger partial charge >= 0.3 is 0 Å². The van der Waals surface area contributed by atoms with E-state index in [0.29, 0.717) is 0 Å². The van der Waals surface area contributed by atoms with Crippen LogP contribution >= 0.6 is 22.6 Å². The lowest BCUT2D eigenvalue weighted by atomic mass is 10.3. The number of hydrogen-bond donors (Lipinski definition) is 0. The topological polar surface area (TPSA) is 0 Å². The fourth-order valence-corrected chi connectivity index (χ4v) is 0.592. The van der Waals surface area contributed by atoms with Gasteiger partial charge in [-0.15, -0.1) is 0 Å². The van der Waals surface area contributed by atoms with Crippen molar-refractivity contribution in [2.24, 2.45) is 5.92 Å². The highest BCUT2D eigenvalue weighted by atomic mass is 127. The second-order valence-corrected chi connectivity index (χ2v) is 2.28. The quantitative estimate of drug-likeness (QED) is 0.453. The van der Waals surface area contributed by atoms with Crippen molar-refractivity contribution in [3.8, 4) is 9.85 Å². The van der Waals surface area contributed by atoms with E-state index in [1.807, 2.05) is 0 Å². The third kappa shape index (κ3) is 2.18. The van der Waals surface area contributed by atoms with Gasteiger partial charge in [0.05, 0.1) is 0 Å². The summed E-state index contributed by atoms with van der Waals surface area (Å²) in [7, 11) is 0. The zero-order valence-corrected chi connectivity index (χ0v) is 6.10. The van der Waals surface area contributed by atoms with Crippen LogP contribution in [0.5, 0.6) is 0 Å². The Morgan fingerprint density at radius 2 is 2.29 bits per heavy atom. The SMILES string of the molecule is IC#C[CH]C1CC1. The van der Waals surface area contributed by atoms with Crippen LogP contribution < -0.4 is 0 Å². The molecule has 0 aliphatic heterocycles. The summed E-state index contributed by atoms with van der Waals surface area (Å²) in [5.74, 6) is 3.77. The van der Waals surface area contributed by atoms with Crippen molar-refractivity contribution in [3.63, 3.8) is 0 Å². The van der Waals surface area contributed by atoms with E-state index in [1.165, 1.54) is 12.8 Å². The third-order valence-electron chi connectivity index (χ3n) is 0.996. The molecule has 0 aromatic carbocycles. The minimum absolute atomic E-state index is 0.849. The van der Waals surface area contributed by atoms with Gasteiger partial charge in [0, 0.05) is 29.0 Å². The molecule has 7 heavy (non-hydrogen) atoms. The summed E-state index contributed by atoms with van der Waals surface area (Å²) in [6.45, 7) is 0. The van der Waals surface area contributed by atoms with E-state index in [2.05, 4.69) is 38.9 Å². The zero-order chi connectivity index (χ0) is 5.11. The first-order chi connectivity index (χ1) is 3.43. The van der Waals surface area contributed by atoms with Gasteiger partial charge in [-0.2, -0.15) is 0 Å². The van der Waals surface area contributed by atoms with Gasteiger partial charge in [-0.25, -0.2) is 0 Å². The van der Waals surface area contributed by atoms with Gasteiger partial charge in [0.25, 0.3) is 0 Å². The first-order valence-corrected chi connectivity index (χ1v) is 3.46. The molecule has 0 heterocycles. The van der Waals surface area contributed by atoms with E-state index in [0.717, 1.165) is 5.92 Å². The Hall–Kier alpha value is 0.290. The molecule has 1 fully saturated rings. The van der Waals surface area contributed by atoms with Crippen LogP contribution in [-0.2, 0) is 0 Å². The van der Waals surface area contributed by atoms with Crippen molar-refractivity contribution in [2.45, 2.75) is 12.8 Å². The van der Waals surface area contributed by atoms with Gasteiger partial charge in [-0.1, -0.05) is 5.92 Å². The van der Waals surface area contributed by atoms with Crippen LogP contribution in [0.15, 0.2) is 0 Å². The Balaban J connectivity index is 2.05. The lowest BCUT2D eigenvalue weighted by Crippen LogP contribution is -1.67. The van der Waals surface area contributed by atoms with Gasteiger partial charge in [-0.05, 0) is 22.7 Å². The van der Waals surface area contributed by atoms with Crippen molar-refractivity contribution in [1.82, 2.24) is 0 Å². The first kappa shape index (κ1) is 5.43.